The number of hydrogen-bond donors (Lipinski definition) is 1. The molecule has 0 saturated heterocycles. The van der Waals surface area contributed by atoms with Gasteiger partial charge in [0.15, 0.2) is 11.0 Å². The lowest BCUT2D eigenvalue weighted by atomic mass is 10.2. The van der Waals surface area contributed by atoms with Crippen molar-refractivity contribution in [2.75, 3.05) is 0 Å². The molecule has 7 heteroatoms. The number of nitrogens with zero attached hydrogens (tertiary/aromatic N) is 3. The molecule has 0 saturated carbocycles. The van der Waals surface area contributed by atoms with Gasteiger partial charge in [-0.15, -0.1) is 16.8 Å². The summed E-state index contributed by atoms with van der Waals surface area (Å²) in [4.78, 5) is 12.1. The zero-order valence-corrected chi connectivity index (χ0v) is 14.8. The van der Waals surface area contributed by atoms with E-state index in [9.17, 15) is 9.18 Å². The summed E-state index contributed by atoms with van der Waals surface area (Å²) in [5, 5.41) is 11.6. The van der Waals surface area contributed by atoms with Gasteiger partial charge in [-0.05, 0) is 45.0 Å². The molecule has 1 amide bonds. The van der Waals surface area contributed by atoms with Gasteiger partial charge < -0.3 is 5.32 Å². The third-order valence-corrected chi connectivity index (χ3v) is 4.29. The van der Waals surface area contributed by atoms with Gasteiger partial charge in [-0.1, -0.05) is 17.8 Å². The highest BCUT2D eigenvalue weighted by atomic mass is 32.2. The van der Waals surface area contributed by atoms with E-state index in [-0.39, 0.29) is 23.0 Å². The van der Waals surface area contributed by atoms with Crippen LogP contribution in [-0.4, -0.2) is 32.0 Å². The second kappa shape index (κ2) is 8.10. The van der Waals surface area contributed by atoms with Crippen molar-refractivity contribution in [2.45, 2.75) is 43.8 Å². The Balaban J connectivity index is 2.26. The van der Waals surface area contributed by atoms with Gasteiger partial charge in [0.2, 0.25) is 5.91 Å². The van der Waals surface area contributed by atoms with Crippen LogP contribution < -0.4 is 5.32 Å². The van der Waals surface area contributed by atoms with Crippen LogP contribution in [0.2, 0.25) is 0 Å². The summed E-state index contributed by atoms with van der Waals surface area (Å²) in [6.45, 7) is 9.92. The van der Waals surface area contributed by atoms with Crippen molar-refractivity contribution in [1.29, 1.82) is 0 Å². The molecule has 1 aromatic carbocycles. The van der Waals surface area contributed by atoms with Crippen LogP contribution in [0, 0.1) is 5.82 Å². The maximum atomic E-state index is 13.1. The molecule has 0 aliphatic heterocycles. The first kappa shape index (κ1) is 18.2. The fourth-order valence-corrected chi connectivity index (χ4v) is 2.96. The third-order valence-electron chi connectivity index (χ3n) is 3.21. The van der Waals surface area contributed by atoms with Crippen LogP contribution >= 0.6 is 11.8 Å². The largest absolute Gasteiger partial charge is 0.353 e. The van der Waals surface area contributed by atoms with E-state index in [1.54, 1.807) is 18.2 Å². The molecule has 5 nitrogen and oxygen atoms in total. The van der Waals surface area contributed by atoms with Crippen molar-refractivity contribution in [3.05, 3.63) is 42.7 Å². The third kappa shape index (κ3) is 4.44. The van der Waals surface area contributed by atoms with Gasteiger partial charge in [-0.3, -0.25) is 9.36 Å². The van der Waals surface area contributed by atoms with Crippen LogP contribution in [0.25, 0.3) is 11.4 Å². The van der Waals surface area contributed by atoms with Gasteiger partial charge in [0.25, 0.3) is 0 Å². The van der Waals surface area contributed by atoms with Crippen molar-refractivity contribution in [1.82, 2.24) is 20.1 Å². The van der Waals surface area contributed by atoms with Crippen LogP contribution in [0.4, 0.5) is 4.39 Å². The van der Waals surface area contributed by atoms with Crippen molar-refractivity contribution in [2.24, 2.45) is 0 Å². The normalized spacial score (nSPS) is 12.2. The molecular formula is C17H21FN4OS. The topological polar surface area (TPSA) is 59.8 Å². The van der Waals surface area contributed by atoms with Gasteiger partial charge in [0, 0.05) is 18.2 Å². The number of allylic oxidation sites excluding steroid dienone is 1. The van der Waals surface area contributed by atoms with Gasteiger partial charge in [0.1, 0.15) is 5.82 Å². The van der Waals surface area contributed by atoms with Crippen LogP contribution in [0.5, 0.6) is 0 Å². The first-order valence-corrected chi connectivity index (χ1v) is 8.57. The minimum Gasteiger partial charge on any atom is -0.353 e. The van der Waals surface area contributed by atoms with Gasteiger partial charge in [-0.2, -0.15) is 0 Å². The van der Waals surface area contributed by atoms with E-state index >= 15 is 0 Å². The summed E-state index contributed by atoms with van der Waals surface area (Å²) in [7, 11) is 0. The first-order chi connectivity index (χ1) is 11.4. The molecule has 24 heavy (non-hydrogen) atoms. The van der Waals surface area contributed by atoms with Gasteiger partial charge in [0.05, 0.1) is 5.25 Å². The number of hydrogen-bond acceptors (Lipinski definition) is 4. The van der Waals surface area contributed by atoms with Crippen molar-refractivity contribution in [3.63, 3.8) is 0 Å². The van der Waals surface area contributed by atoms with Crippen LogP contribution in [0.1, 0.15) is 20.8 Å². The Labute approximate surface area is 145 Å². The monoisotopic (exact) mass is 348 g/mol. The van der Waals surface area contributed by atoms with Crippen molar-refractivity contribution < 1.29 is 9.18 Å². The summed E-state index contributed by atoms with van der Waals surface area (Å²) in [5.41, 5.74) is 0.761. The average molecular weight is 348 g/mol. The predicted octanol–water partition coefficient (Wildman–Crippen LogP) is 3.28. The molecule has 0 aliphatic rings. The number of carbonyl (C=O) groups is 1. The summed E-state index contributed by atoms with van der Waals surface area (Å²) in [6, 6.07) is 6.16. The van der Waals surface area contributed by atoms with Crippen molar-refractivity contribution >= 4 is 17.7 Å². The average Bonchev–Trinajstić information content (AvgIpc) is 2.90. The molecule has 0 aliphatic carbocycles. The zero-order chi connectivity index (χ0) is 17.7. The lowest BCUT2D eigenvalue weighted by molar-refractivity contribution is -0.120. The fraction of sp³-hybridized carbons (Fsp3) is 0.353. The molecule has 0 fully saturated rings. The summed E-state index contributed by atoms with van der Waals surface area (Å²) in [5.74, 6) is 0.266. The molecule has 1 atom stereocenters. The van der Waals surface area contributed by atoms with Crippen molar-refractivity contribution in [3.8, 4) is 11.4 Å². The molecular weight excluding hydrogens is 327 g/mol. The Hall–Kier alpha value is -2.15. The molecule has 1 aromatic heterocycles. The second-order valence-corrected chi connectivity index (χ2v) is 6.94. The number of amides is 1. The highest BCUT2D eigenvalue weighted by molar-refractivity contribution is 8.00. The molecule has 2 aromatic rings. The molecule has 0 radical (unpaired) electrons. The number of rotatable bonds is 7. The Morgan fingerprint density at radius 1 is 1.33 bits per heavy atom. The van der Waals surface area contributed by atoms with E-state index in [1.807, 2.05) is 25.3 Å². The molecule has 0 bridgehead atoms. The minimum absolute atomic E-state index is 0.0496. The highest BCUT2D eigenvalue weighted by Gasteiger charge is 2.20. The van der Waals surface area contributed by atoms with Gasteiger partial charge >= 0.3 is 0 Å². The zero-order valence-electron chi connectivity index (χ0n) is 14.0. The van der Waals surface area contributed by atoms with Crippen LogP contribution in [-0.2, 0) is 11.3 Å². The summed E-state index contributed by atoms with van der Waals surface area (Å²) < 4.78 is 15.0. The molecule has 1 heterocycles. The molecule has 0 unspecified atom stereocenters. The maximum absolute atomic E-state index is 13.1. The first-order valence-electron chi connectivity index (χ1n) is 7.69. The maximum Gasteiger partial charge on any atom is 0.233 e. The smallest absolute Gasteiger partial charge is 0.233 e. The molecule has 1 N–H and O–H groups in total. The number of nitrogens with one attached hydrogen (secondary N) is 1. The van der Waals surface area contributed by atoms with Crippen LogP contribution in [0.3, 0.4) is 0 Å². The van der Waals surface area contributed by atoms with E-state index in [1.165, 1.54) is 23.9 Å². The number of aromatic nitrogens is 3. The van der Waals surface area contributed by atoms with E-state index < -0.39 is 0 Å². The number of carbonyl (C=O) groups excluding carboxylic acids is 1. The molecule has 0 spiro atoms. The Morgan fingerprint density at radius 3 is 2.58 bits per heavy atom. The number of halogens is 1. The quantitative estimate of drug-likeness (QED) is 0.616. The Morgan fingerprint density at radius 2 is 2.00 bits per heavy atom. The standard InChI is InChI=1S/C17H21FN4OS/c1-5-10-22-15(13-6-8-14(18)9-7-13)20-21-17(22)24-12(4)16(23)19-11(2)3/h5-9,11-12H,1,10H2,2-4H3,(H,19,23)/t12-/m0/s1. The number of benzene rings is 1. The molecule has 2 rings (SSSR count). The van der Waals surface area contributed by atoms with E-state index in [2.05, 4.69) is 22.1 Å². The van der Waals surface area contributed by atoms with E-state index in [0.717, 1.165) is 5.56 Å². The minimum atomic E-state index is -0.304. The fourth-order valence-electron chi connectivity index (χ4n) is 2.10. The van der Waals surface area contributed by atoms with Gasteiger partial charge in [-0.25, -0.2) is 4.39 Å². The summed E-state index contributed by atoms with van der Waals surface area (Å²) in [6.07, 6.45) is 1.74. The van der Waals surface area contributed by atoms with E-state index in [4.69, 9.17) is 0 Å². The summed E-state index contributed by atoms with van der Waals surface area (Å²) >= 11 is 1.33. The highest BCUT2D eigenvalue weighted by Crippen LogP contribution is 2.27. The predicted molar refractivity (Wildman–Crippen MR) is 94.2 cm³/mol. The number of thioether (sulfide) groups is 1. The van der Waals surface area contributed by atoms with E-state index in [0.29, 0.717) is 17.5 Å². The molecule has 128 valence electrons. The second-order valence-electron chi connectivity index (χ2n) is 5.64. The van der Waals surface area contributed by atoms with Crippen LogP contribution in [0.15, 0.2) is 42.1 Å². The lowest BCUT2D eigenvalue weighted by Crippen LogP contribution is -2.36. The lowest BCUT2D eigenvalue weighted by Gasteiger charge is -2.14. The Bertz CT molecular complexity index is 712. The SMILES string of the molecule is C=CCn1c(S[C@@H](C)C(=O)NC(C)C)nnc1-c1ccc(F)cc1. The Kier molecular flexibility index (Phi) is 6.14.